The van der Waals surface area contributed by atoms with Gasteiger partial charge in [0.05, 0.1) is 11.4 Å². The molecule has 0 aliphatic carbocycles. The van der Waals surface area contributed by atoms with Gasteiger partial charge in [-0.05, 0) is 37.8 Å². The van der Waals surface area contributed by atoms with Crippen molar-refractivity contribution in [3.63, 3.8) is 0 Å². The van der Waals surface area contributed by atoms with Crippen molar-refractivity contribution in [1.82, 2.24) is 0 Å². The van der Waals surface area contributed by atoms with Crippen molar-refractivity contribution >= 4 is 23.5 Å². The lowest BCUT2D eigenvalue weighted by molar-refractivity contribution is 0.564. The Morgan fingerprint density at radius 2 is 1.72 bits per heavy atom. The van der Waals surface area contributed by atoms with Gasteiger partial charge in [-0.15, -0.1) is 0 Å². The summed E-state index contributed by atoms with van der Waals surface area (Å²) in [6.07, 6.45) is 6.04. The van der Waals surface area contributed by atoms with E-state index in [0.717, 1.165) is 36.0 Å². The van der Waals surface area contributed by atoms with Gasteiger partial charge >= 0.3 is 0 Å². The molecule has 0 bridgehead atoms. The highest BCUT2D eigenvalue weighted by molar-refractivity contribution is 5.71. The molecule has 0 fully saturated rings. The molecule has 4 heteroatoms. The topological polar surface area (TPSA) is 58.9 Å². The second-order valence-corrected chi connectivity index (χ2v) is 4.18. The van der Waals surface area contributed by atoms with Crippen LogP contribution in [-0.2, 0) is 16.0 Å². The monoisotopic (exact) mass is 244 g/mol. The zero-order valence-electron chi connectivity index (χ0n) is 10.9. The van der Waals surface area contributed by atoms with E-state index in [1.54, 1.807) is 13.0 Å². The lowest BCUT2D eigenvalue weighted by Gasteiger charge is -2.11. The normalized spacial score (nSPS) is 9.50. The number of isocyanates is 2. The van der Waals surface area contributed by atoms with Gasteiger partial charge in [-0.1, -0.05) is 19.4 Å². The average Bonchev–Trinajstić information content (AvgIpc) is 2.36. The van der Waals surface area contributed by atoms with Crippen molar-refractivity contribution in [1.29, 1.82) is 0 Å². The lowest BCUT2D eigenvalue weighted by atomic mass is 9.98. The van der Waals surface area contributed by atoms with Crippen molar-refractivity contribution in [3.05, 3.63) is 22.8 Å². The number of hydrogen-bond acceptors (Lipinski definition) is 4. The Hall–Kier alpha value is -2.02. The largest absolute Gasteiger partial charge is 0.240 e. The minimum absolute atomic E-state index is 0.541. The number of aliphatic imine (C=N–C) groups is 2. The number of benzene rings is 1. The second-order valence-electron chi connectivity index (χ2n) is 4.18. The molecule has 4 nitrogen and oxygen atoms in total. The minimum Gasteiger partial charge on any atom is -0.211 e. The third-order valence-corrected chi connectivity index (χ3v) is 2.89. The van der Waals surface area contributed by atoms with E-state index in [4.69, 9.17) is 0 Å². The molecule has 0 spiro atoms. The smallest absolute Gasteiger partial charge is 0.211 e. The number of nitrogens with zero attached hydrogens (tertiary/aromatic N) is 2. The van der Waals surface area contributed by atoms with Crippen molar-refractivity contribution in [2.24, 2.45) is 9.98 Å². The van der Waals surface area contributed by atoms with Crippen LogP contribution in [0.25, 0.3) is 0 Å². The van der Waals surface area contributed by atoms with Crippen LogP contribution in [0.3, 0.4) is 0 Å². The maximum Gasteiger partial charge on any atom is 0.240 e. The Kier molecular flexibility index (Phi) is 5.19. The number of carbonyl (C=O) groups excluding carboxylic acids is 2. The van der Waals surface area contributed by atoms with Gasteiger partial charge in [-0.3, -0.25) is 0 Å². The highest BCUT2D eigenvalue weighted by atomic mass is 16.1. The van der Waals surface area contributed by atoms with E-state index >= 15 is 0 Å². The molecule has 0 heterocycles. The summed E-state index contributed by atoms with van der Waals surface area (Å²) in [5, 5.41) is 0. The third kappa shape index (κ3) is 3.01. The van der Waals surface area contributed by atoms with Gasteiger partial charge in [0, 0.05) is 5.56 Å². The molecule has 0 radical (unpaired) electrons. The van der Waals surface area contributed by atoms with Crippen LogP contribution in [0.1, 0.15) is 36.5 Å². The van der Waals surface area contributed by atoms with Crippen LogP contribution >= 0.6 is 0 Å². The van der Waals surface area contributed by atoms with Crippen molar-refractivity contribution in [2.45, 2.75) is 40.0 Å². The van der Waals surface area contributed by atoms with E-state index in [1.165, 1.54) is 6.08 Å². The zero-order valence-corrected chi connectivity index (χ0v) is 10.9. The van der Waals surface area contributed by atoms with E-state index < -0.39 is 0 Å². The molecule has 1 aromatic carbocycles. The van der Waals surface area contributed by atoms with Crippen LogP contribution < -0.4 is 0 Å². The summed E-state index contributed by atoms with van der Waals surface area (Å²) >= 11 is 0. The Bertz CT molecular complexity index is 537. The summed E-state index contributed by atoms with van der Waals surface area (Å²) < 4.78 is 0. The Morgan fingerprint density at radius 3 is 2.28 bits per heavy atom. The molecule has 0 amide bonds. The Balaban J connectivity index is 3.44. The molecular formula is C14H16N2O2. The van der Waals surface area contributed by atoms with E-state index in [0.29, 0.717) is 11.4 Å². The quantitative estimate of drug-likeness (QED) is 0.587. The molecule has 18 heavy (non-hydrogen) atoms. The first-order valence-electron chi connectivity index (χ1n) is 5.94. The molecular weight excluding hydrogens is 228 g/mol. The van der Waals surface area contributed by atoms with E-state index in [1.807, 2.05) is 13.0 Å². The van der Waals surface area contributed by atoms with Crippen molar-refractivity contribution in [3.8, 4) is 0 Å². The van der Waals surface area contributed by atoms with Crippen molar-refractivity contribution < 1.29 is 9.59 Å². The standard InChI is InChI=1S/C14H16N2O2/c1-4-5-6-12-7-10(2)13(15-8-17)11(3)14(12)16-9-18/h7H,4-6H2,1-3H3. The van der Waals surface area contributed by atoms with Crippen LogP contribution in [0.2, 0.25) is 0 Å². The SMILES string of the molecule is CCCCc1cc(C)c(N=C=O)c(C)c1N=C=O. The molecule has 0 aromatic heterocycles. The first-order chi connectivity index (χ1) is 8.65. The van der Waals surface area contributed by atoms with Crippen LogP contribution in [0.5, 0.6) is 0 Å². The second kappa shape index (κ2) is 6.65. The Labute approximate surface area is 106 Å². The molecule has 94 valence electrons. The molecule has 1 aromatic rings. The summed E-state index contributed by atoms with van der Waals surface area (Å²) in [7, 11) is 0. The maximum absolute atomic E-state index is 10.5. The van der Waals surface area contributed by atoms with Gasteiger partial charge < -0.3 is 0 Å². The molecule has 0 aliphatic heterocycles. The Morgan fingerprint density at radius 1 is 1.11 bits per heavy atom. The van der Waals surface area contributed by atoms with Crippen LogP contribution in [0.15, 0.2) is 16.1 Å². The minimum atomic E-state index is 0.541. The number of rotatable bonds is 5. The number of unbranched alkanes of at least 4 members (excludes halogenated alkanes) is 1. The molecule has 0 aliphatic rings. The van der Waals surface area contributed by atoms with Gasteiger partial charge in [0.2, 0.25) is 12.2 Å². The predicted octanol–water partition coefficient (Wildman–Crippen LogP) is 3.58. The summed E-state index contributed by atoms with van der Waals surface area (Å²) in [5.74, 6) is 0. The molecule has 0 saturated heterocycles. The first kappa shape index (κ1) is 14.0. The lowest BCUT2D eigenvalue weighted by Crippen LogP contribution is -1.92. The van der Waals surface area contributed by atoms with Gasteiger partial charge in [0.1, 0.15) is 0 Å². The number of hydrogen-bond donors (Lipinski definition) is 0. The predicted molar refractivity (Wildman–Crippen MR) is 70.1 cm³/mol. The molecule has 0 N–H and O–H groups in total. The fourth-order valence-electron chi connectivity index (χ4n) is 2.02. The summed E-state index contributed by atoms with van der Waals surface area (Å²) in [6.45, 7) is 5.79. The first-order valence-corrected chi connectivity index (χ1v) is 5.94. The highest BCUT2D eigenvalue weighted by Gasteiger charge is 2.12. The van der Waals surface area contributed by atoms with E-state index in [2.05, 4.69) is 16.9 Å². The van der Waals surface area contributed by atoms with Crippen molar-refractivity contribution in [2.75, 3.05) is 0 Å². The fourth-order valence-corrected chi connectivity index (χ4v) is 2.02. The van der Waals surface area contributed by atoms with Gasteiger partial charge in [0.25, 0.3) is 0 Å². The molecule has 1 rings (SSSR count). The summed E-state index contributed by atoms with van der Waals surface area (Å²) in [4.78, 5) is 28.3. The highest BCUT2D eigenvalue weighted by Crippen LogP contribution is 2.35. The molecule has 0 saturated carbocycles. The fraction of sp³-hybridized carbons (Fsp3) is 0.429. The molecule has 0 unspecified atom stereocenters. The average molecular weight is 244 g/mol. The van der Waals surface area contributed by atoms with E-state index in [9.17, 15) is 9.59 Å². The number of aryl methyl sites for hydroxylation is 2. The van der Waals surface area contributed by atoms with Gasteiger partial charge in [-0.2, -0.15) is 9.98 Å². The van der Waals surface area contributed by atoms with E-state index in [-0.39, 0.29) is 0 Å². The van der Waals surface area contributed by atoms with Crippen LogP contribution in [0.4, 0.5) is 11.4 Å². The summed E-state index contributed by atoms with van der Waals surface area (Å²) in [6, 6.07) is 1.93. The molecule has 0 atom stereocenters. The van der Waals surface area contributed by atoms with Crippen LogP contribution in [-0.4, -0.2) is 12.2 Å². The van der Waals surface area contributed by atoms with Crippen LogP contribution in [0, 0.1) is 13.8 Å². The zero-order chi connectivity index (χ0) is 13.5. The van der Waals surface area contributed by atoms with Gasteiger partial charge in [0.15, 0.2) is 0 Å². The van der Waals surface area contributed by atoms with Gasteiger partial charge in [-0.25, -0.2) is 9.59 Å². The third-order valence-electron chi connectivity index (χ3n) is 2.89. The summed E-state index contributed by atoms with van der Waals surface area (Å²) in [5.41, 5.74) is 3.75. The maximum atomic E-state index is 10.5.